The molecule has 1 atom stereocenters. The van der Waals surface area contributed by atoms with Crippen LogP contribution in [0.2, 0.25) is 0 Å². The lowest BCUT2D eigenvalue weighted by Gasteiger charge is -2.26. The number of aryl methyl sites for hydroxylation is 1. The van der Waals surface area contributed by atoms with E-state index in [-0.39, 0.29) is 17.3 Å². The number of carbonyl (C=O) groups is 2. The highest BCUT2D eigenvalue weighted by molar-refractivity contribution is 6.46. The number of ketones is 1. The number of rotatable bonds is 4. The van der Waals surface area contributed by atoms with Crippen molar-refractivity contribution in [3.63, 3.8) is 0 Å². The van der Waals surface area contributed by atoms with Crippen LogP contribution in [0.1, 0.15) is 36.6 Å². The standard InChI is InChI=1S/C22H22FNO3/c1-13(2)12-24-19(16-5-4-6-17(23)11-16)18(21(26)22(24)27)20(25)15-9-7-14(3)8-10-15/h4-11,13,19,25H,12H2,1-3H3. The molecular formula is C22H22FNO3. The first-order valence-corrected chi connectivity index (χ1v) is 8.90. The van der Waals surface area contributed by atoms with Gasteiger partial charge in [0.15, 0.2) is 0 Å². The molecule has 27 heavy (non-hydrogen) atoms. The van der Waals surface area contributed by atoms with Gasteiger partial charge in [-0.2, -0.15) is 0 Å². The van der Waals surface area contributed by atoms with Crippen LogP contribution in [0.5, 0.6) is 0 Å². The van der Waals surface area contributed by atoms with Crippen LogP contribution in [-0.2, 0) is 9.59 Å². The summed E-state index contributed by atoms with van der Waals surface area (Å²) in [4.78, 5) is 26.8. The Bertz CT molecular complexity index is 915. The zero-order valence-corrected chi connectivity index (χ0v) is 15.6. The summed E-state index contributed by atoms with van der Waals surface area (Å²) >= 11 is 0. The average molecular weight is 367 g/mol. The maximum atomic E-state index is 13.8. The molecule has 1 N–H and O–H groups in total. The molecule has 0 aliphatic carbocycles. The van der Waals surface area contributed by atoms with Crippen molar-refractivity contribution < 1.29 is 19.1 Å². The fraction of sp³-hybridized carbons (Fsp3) is 0.273. The summed E-state index contributed by atoms with van der Waals surface area (Å²) in [7, 11) is 0. The molecule has 1 unspecified atom stereocenters. The van der Waals surface area contributed by atoms with E-state index >= 15 is 0 Å². The Morgan fingerprint density at radius 2 is 1.81 bits per heavy atom. The number of hydrogen-bond acceptors (Lipinski definition) is 3. The number of carbonyl (C=O) groups excluding carboxylic acids is 2. The second-order valence-electron chi connectivity index (χ2n) is 7.27. The topological polar surface area (TPSA) is 57.6 Å². The molecule has 0 radical (unpaired) electrons. The van der Waals surface area contributed by atoms with Gasteiger partial charge in [-0.15, -0.1) is 0 Å². The Kier molecular flexibility index (Phi) is 5.13. The van der Waals surface area contributed by atoms with Gasteiger partial charge in [0.2, 0.25) is 0 Å². The molecule has 0 bridgehead atoms. The predicted molar refractivity (Wildman–Crippen MR) is 101 cm³/mol. The molecule has 1 amide bonds. The van der Waals surface area contributed by atoms with Crippen LogP contribution in [0.3, 0.4) is 0 Å². The minimum atomic E-state index is -0.815. The fourth-order valence-corrected chi connectivity index (χ4v) is 3.35. The SMILES string of the molecule is Cc1ccc(C(O)=C2C(=O)C(=O)N(CC(C)C)C2c2cccc(F)c2)cc1. The molecule has 140 valence electrons. The zero-order chi connectivity index (χ0) is 19.7. The summed E-state index contributed by atoms with van der Waals surface area (Å²) < 4.78 is 13.8. The van der Waals surface area contributed by atoms with Crippen molar-refractivity contribution in [3.05, 3.63) is 76.6 Å². The van der Waals surface area contributed by atoms with Crippen LogP contribution < -0.4 is 0 Å². The van der Waals surface area contributed by atoms with E-state index in [0.717, 1.165) is 5.56 Å². The quantitative estimate of drug-likeness (QED) is 0.500. The van der Waals surface area contributed by atoms with E-state index in [1.807, 2.05) is 32.9 Å². The van der Waals surface area contributed by atoms with E-state index in [0.29, 0.717) is 17.7 Å². The summed E-state index contributed by atoms with van der Waals surface area (Å²) in [5, 5.41) is 10.8. The van der Waals surface area contributed by atoms with Crippen LogP contribution in [0.4, 0.5) is 4.39 Å². The first-order chi connectivity index (χ1) is 12.8. The van der Waals surface area contributed by atoms with Crippen molar-refractivity contribution in [1.82, 2.24) is 4.90 Å². The van der Waals surface area contributed by atoms with Crippen LogP contribution in [0.25, 0.3) is 5.76 Å². The molecular weight excluding hydrogens is 345 g/mol. The molecule has 4 nitrogen and oxygen atoms in total. The van der Waals surface area contributed by atoms with Crippen molar-refractivity contribution in [2.75, 3.05) is 6.54 Å². The summed E-state index contributed by atoms with van der Waals surface area (Å²) in [5.74, 6) is -2.01. The van der Waals surface area contributed by atoms with Crippen LogP contribution in [-0.4, -0.2) is 28.2 Å². The lowest BCUT2D eigenvalue weighted by molar-refractivity contribution is -0.140. The normalized spacial score (nSPS) is 19.1. The molecule has 0 saturated carbocycles. The largest absolute Gasteiger partial charge is 0.507 e. The molecule has 1 heterocycles. The summed E-state index contributed by atoms with van der Waals surface area (Å²) in [5.41, 5.74) is 1.91. The predicted octanol–water partition coefficient (Wildman–Crippen LogP) is 4.21. The number of benzene rings is 2. The van der Waals surface area contributed by atoms with E-state index in [2.05, 4.69) is 0 Å². The smallest absolute Gasteiger partial charge is 0.295 e. The van der Waals surface area contributed by atoms with Crippen molar-refractivity contribution in [2.45, 2.75) is 26.8 Å². The van der Waals surface area contributed by atoms with Gasteiger partial charge in [0.1, 0.15) is 11.6 Å². The molecule has 1 aliphatic rings. The highest BCUT2D eigenvalue weighted by atomic mass is 19.1. The van der Waals surface area contributed by atoms with E-state index in [9.17, 15) is 19.1 Å². The third-order valence-corrected chi connectivity index (χ3v) is 4.59. The van der Waals surface area contributed by atoms with Crippen LogP contribution in [0, 0.1) is 18.7 Å². The molecule has 2 aromatic carbocycles. The Morgan fingerprint density at radius 1 is 1.15 bits per heavy atom. The van der Waals surface area contributed by atoms with Gasteiger partial charge in [-0.25, -0.2) is 4.39 Å². The first-order valence-electron chi connectivity index (χ1n) is 8.90. The number of amides is 1. The molecule has 1 fully saturated rings. The number of halogens is 1. The molecule has 0 spiro atoms. The zero-order valence-electron chi connectivity index (χ0n) is 15.6. The maximum absolute atomic E-state index is 13.8. The Labute approximate surface area is 157 Å². The third-order valence-electron chi connectivity index (χ3n) is 4.59. The molecule has 2 aromatic rings. The van der Waals surface area contributed by atoms with E-state index < -0.39 is 23.5 Å². The second kappa shape index (κ2) is 7.35. The van der Waals surface area contributed by atoms with Gasteiger partial charge in [-0.05, 0) is 30.5 Å². The Hall–Kier alpha value is -2.95. The molecule has 0 aromatic heterocycles. The second-order valence-corrected chi connectivity index (χ2v) is 7.27. The van der Waals surface area contributed by atoms with Gasteiger partial charge in [-0.1, -0.05) is 55.8 Å². The first kappa shape index (κ1) is 18.8. The molecule has 5 heteroatoms. The van der Waals surface area contributed by atoms with Crippen molar-refractivity contribution in [3.8, 4) is 0 Å². The molecule has 1 saturated heterocycles. The fourth-order valence-electron chi connectivity index (χ4n) is 3.35. The number of Topliss-reactive ketones (excluding diaryl/α,β-unsaturated/α-hetero) is 1. The van der Waals surface area contributed by atoms with Gasteiger partial charge in [0.25, 0.3) is 11.7 Å². The molecule has 3 rings (SSSR count). The number of aliphatic hydroxyl groups excluding tert-OH is 1. The number of hydrogen-bond donors (Lipinski definition) is 1. The Balaban J connectivity index is 2.19. The number of aliphatic hydroxyl groups is 1. The third kappa shape index (κ3) is 3.63. The molecule has 1 aliphatic heterocycles. The summed E-state index contributed by atoms with van der Waals surface area (Å²) in [6.07, 6.45) is 0. The van der Waals surface area contributed by atoms with E-state index in [1.54, 1.807) is 18.2 Å². The van der Waals surface area contributed by atoms with Gasteiger partial charge in [-0.3, -0.25) is 9.59 Å². The van der Waals surface area contributed by atoms with E-state index in [1.165, 1.54) is 23.1 Å². The van der Waals surface area contributed by atoms with Crippen LogP contribution in [0.15, 0.2) is 54.1 Å². The Morgan fingerprint density at radius 3 is 2.41 bits per heavy atom. The lowest BCUT2D eigenvalue weighted by atomic mass is 9.94. The highest BCUT2D eigenvalue weighted by Gasteiger charge is 2.46. The number of nitrogens with zero attached hydrogens (tertiary/aromatic N) is 1. The number of likely N-dealkylation sites (tertiary alicyclic amines) is 1. The van der Waals surface area contributed by atoms with Gasteiger partial charge in [0.05, 0.1) is 11.6 Å². The average Bonchev–Trinajstić information content (AvgIpc) is 2.86. The maximum Gasteiger partial charge on any atom is 0.295 e. The summed E-state index contributed by atoms with van der Waals surface area (Å²) in [6.45, 7) is 6.11. The van der Waals surface area contributed by atoms with Gasteiger partial charge < -0.3 is 10.0 Å². The van der Waals surface area contributed by atoms with E-state index in [4.69, 9.17) is 0 Å². The van der Waals surface area contributed by atoms with Crippen molar-refractivity contribution >= 4 is 17.4 Å². The van der Waals surface area contributed by atoms with Gasteiger partial charge in [0, 0.05) is 12.1 Å². The minimum Gasteiger partial charge on any atom is -0.507 e. The highest BCUT2D eigenvalue weighted by Crippen LogP contribution is 2.39. The van der Waals surface area contributed by atoms with Crippen molar-refractivity contribution in [1.29, 1.82) is 0 Å². The van der Waals surface area contributed by atoms with Gasteiger partial charge >= 0.3 is 0 Å². The van der Waals surface area contributed by atoms with Crippen LogP contribution >= 0.6 is 0 Å². The summed E-state index contributed by atoms with van der Waals surface area (Å²) in [6, 6.07) is 12.0. The van der Waals surface area contributed by atoms with Crippen molar-refractivity contribution in [2.24, 2.45) is 5.92 Å². The lowest BCUT2D eigenvalue weighted by Crippen LogP contribution is -2.33. The monoisotopic (exact) mass is 367 g/mol. The minimum absolute atomic E-state index is 0.00453.